The zero-order valence-electron chi connectivity index (χ0n) is 26.3. The van der Waals surface area contributed by atoms with E-state index in [1.807, 2.05) is 13.8 Å². The van der Waals surface area contributed by atoms with Crippen molar-refractivity contribution < 1.29 is 19.1 Å². The van der Waals surface area contributed by atoms with Crippen LogP contribution < -0.4 is 0 Å². The number of allylic oxidation sites excluding steroid dienone is 1. The van der Waals surface area contributed by atoms with Crippen molar-refractivity contribution in [3.63, 3.8) is 0 Å². The van der Waals surface area contributed by atoms with Gasteiger partial charge in [0.1, 0.15) is 12.4 Å². The Balaban J connectivity index is 0.000000400. The third kappa shape index (κ3) is 10.5. The number of rotatable bonds is 19. The molecule has 0 aliphatic carbocycles. The molecule has 0 spiro atoms. The van der Waals surface area contributed by atoms with Gasteiger partial charge in [-0.25, -0.2) is 0 Å². The molecular weight excluding hydrogens is 537 g/mol. The molecule has 2 aliphatic rings. The highest BCUT2D eigenvalue weighted by Gasteiger charge is 2.57. The fourth-order valence-corrected chi connectivity index (χ4v) is 8.12. The van der Waals surface area contributed by atoms with Crippen molar-refractivity contribution in [2.24, 2.45) is 5.41 Å². The van der Waals surface area contributed by atoms with Gasteiger partial charge in [-0.15, -0.1) is 6.58 Å². The van der Waals surface area contributed by atoms with Crippen LogP contribution in [0.4, 0.5) is 0 Å². The summed E-state index contributed by atoms with van der Waals surface area (Å²) < 4.78 is 5.08. The van der Waals surface area contributed by atoms with Crippen molar-refractivity contribution >= 4 is 39.5 Å². The molecule has 1 unspecified atom stereocenters. The second-order valence-corrected chi connectivity index (χ2v) is 14.9. The van der Waals surface area contributed by atoms with E-state index in [-0.39, 0.29) is 20.8 Å². The lowest BCUT2D eigenvalue weighted by Gasteiger charge is -2.26. The lowest BCUT2D eigenvalue weighted by Crippen LogP contribution is -2.37. The molecule has 0 amide bonds. The number of ketones is 1. The highest BCUT2D eigenvalue weighted by Crippen LogP contribution is 2.51. The number of thioether (sulfide) groups is 2. The van der Waals surface area contributed by atoms with Gasteiger partial charge >= 0.3 is 0 Å². The first-order chi connectivity index (χ1) is 19.0. The molecule has 0 aromatic heterocycles. The largest absolute Gasteiger partial charge is 0.492 e. The maximum absolute atomic E-state index is 12.6. The van der Waals surface area contributed by atoms with Crippen molar-refractivity contribution in [3.8, 4) is 0 Å². The number of hydrogen-bond donors (Lipinski definition) is 0. The van der Waals surface area contributed by atoms with E-state index in [1.54, 1.807) is 19.1 Å². The van der Waals surface area contributed by atoms with Crippen molar-refractivity contribution in [2.75, 3.05) is 6.61 Å². The Labute approximate surface area is 254 Å². The number of carbonyl (C=O) groups is 3. The predicted molar refractivity (Wildman–Crippen MR) is 175 cm³/mol. The Hall–Kier alpha value is -1.27. The van der Waals surface area contributed by atoms with Crippen LogP contribution in [0.15, 0.2) is 36.6 Å². The minimum Gasteiger partial charge on any atom is -0.492 e. The van der Waals surface area contributed by atoms with E-state index in [0.29, 0.717) is 13.0 Å². The molecule has 0 aromatic rings. The molecule has 0 radical (unpaired) electrons. The minimum atomic E-state index is -0.844. The van der Waals surface area contributed by atoms with E-state index in [9.17, 15) is 14.4 Å². The second-order valence-electron chi connectivity index (χ2n) is 12.0. The van der Waals surface area contributed by atoms with Gasteiger partial charge in [0, 0.05) is 5.57 Å². The standard InChI is InChI=1S/2C17H28O2S/c1-5-7-8-9-10-11-12-17(4)15(19-13-6-2)14(3)16(18)20-17;1-5-7-8-9-10-11-13-17(4)14(18)16(3,12-6-2)15(19)20-17/h2*6H,2,5,7-13H2,1,3-4H3/t17-;16?,17-/m11/s1. The summed E-state index contributed by atoms with van der Waals surface area (Å²) in [6.45, 7) is 20.0. The first kappa shape index (κ1) is 36.8. The summed E-state index contributed by atoms with van der Waals surface area (Å²) in [5, 5.41) is 0.188. The van der Waals surface area contributed by atoms with Crippen LogP contribution in [0.5, 0.6) is 0 Å². The topological polar surface area (TPSA) is 60.4 Å². The third-order valence-corrected chi connectivity index (χ3v) is 10.9. The SMILES string of the molecule is C=CCC1(C)C(=O)S[C@](C)(CCCCCCCC)C1=O.C=CCOC1=C(C)C(=O)S[C@]1(C)CCCCCCCC. The molecule has 0 bridgehead atoms. The Bertz CT molecular complexity index is 894. The average molecular weight is 593 g/mol. The summed E-state index contributed by atoms with van der Waals surface area (Å²) in [6.07, 6.45) is 20.6. The van der Waals surface area contributed by atoms with Gasteiger partial charge in [-0.1, -0.05) is 133 Å². The summed E-state index contributed by atoms with van der Waals surface area (Å²) in [7, 11) is 0. The van der Waals surface area contributed by atoms with Crippen molar-refractivity contribution in [1.29, 1.82) is 0 Å². The summed E-state index contributed by atoms with van der Waals surface area (Å²) in [6, 6.07) is 0. The molecule has 1 fully saturated rings. The van der Waals surface area contributed by atoms with Gasteiger partial charge < -0.3 is 4.74 Å². The fourth-order valence-electron chi connectivity index (χ4n) is 5.54. The molecule has 1 saturated heterocycles. The first-order valence-corrected chi connectivity index (χ1v) is 17.2. The van der Waals surface area contributed by atoms with Gasteiger partial charge in [-0.3, -0.25) is 14.4 Å². The van der Waals surface area contributed by atoms with Crippen molar-refractivity contribution in [3.05, 3.63) is 36.6 Å². The molecule has 2 heterocycles. The van der Waals surface area contributed by atoms with Gasteiger partial charge in [-0.2, -0.15) is 0 Å². The minimum absolute atomic E-state index is 0.0240. The monoisotopic (exact) mass is 592 g/mol. The van der Waals surface area contributed by atoms with Crippen LogP contribution in [-0.4, -0.2) is 32.1 Å². The van der Waals surface area contributed by atoms with Crippen LogP contribution >= 0.6 is 23.5 Å². The molecule has 40 heavy (non-hydrogen) atoms. The van der Waals surface area contributed by atoms with Crippen LogP contribution in [-0.2, 0) is 19.1 Å². The van der Waals surface area contributed by atoms with E-state index in [1.165, 1.54) is 81.3 Å². The van der Waals surface area contributed by atoms with Crippen molar-refractivity contribution in [1.82, 2.24) is 0 Å². The zero-order valence-corrected chi connectivity index (χ0v) is 28.0. The van der Waals surface area contributed by atoms with Gasteiger partial charge in [0.05, 0.1) is 14.9 Å². The second kappa shape index (κ2) is 18.3. The normalized spacial score (nSPS) is 26.2. The number of Topliss-reactive ketones (excluding diaryl/α,β-unsaturated/α-hetero) is 1. The fraction of sp³-hybridized carbons (Fsp3) is 0.735. The lowest BCUT2D eigenvalue weighted by molar-refractivity contribution is -0.134. The number of carbonyl (C=O) groups excluding carboxylic acids is 3. The van der Waals surface area contributed by atoms with E-state index in [0.717, 1.165) is 43.4 Å². The van der Waals surface area contributed by atoms with E-state index in [2.05, 4.69) is 33.9 Å². The number of hydrogen-bond acceptors (Lipinski definition) is 6. The number of ether oxygens (including phenoxy) is 1. The van der Waals surface area contributed by atoms with E-state index < -0.39 is 10.2 Å². The Kier molecular flexibility index (Phi) is 16.8. The summed E-state index contributed by atoms with van der Waals surface area (Å²) in [5.74, 6) is 0.981. The number of unbranched alkanes of at least 4 members (excludes halogenated alkanes) is 10. The Morgan fingerprint density at radius 3 is 1.73 bits per heavy atom. The maximum atomic E-state index is 12.6. The van der Waals surface area contributed by atoms with Gasteiger partial charge in [0.25, 0.3) is 0 Å². The van der Waals surface area contributed by atoms with Crippen molar-refractivity contribution in [2.45, 2.75) is 147 Å². The molecule has 3 atom stereocenters. The van der Waals surface area contributed by atoms with Crippen LogP contribution in [0.2, 0.25) is 0 Å². The van der Waals surface area contributed by atoms with Gasteiger partial charge in [-0.05, 0) is 47.0 Å². The quantitative estimate of drug-likeness (QED) is 0.0845. The highest BCUT2D eigenvalue weighted by molar-refractivity contribution is 8.16. The molecule has 0 N–H and O–H groups in total. The van der Waals surface area contributed by atoms with Gasteiger partial charge in [0.15, 0.2) is 5.78 Å². The Morgan fingerprint density at radius 1 is 0.725 bits per heavy atom. The molecule has 0 aromatic carbocycles. The Morgan fingerprint density at radius 2 is 1.23 bits per heavy atom. The van der Waals surface area contributed by atoms with Crippen LogP contribution in [0.25, 0.3) is 0 Å². The molecule has 228 valence electrons. The average Bonchev–Trinajstić information content (AvgIpc) is 3.23. The predicted octanol–water partition coefficient (Wildman–Crippen LogP) is 10.2. The highest BCUT2D eigenvalue weighted by atomic mass is 32.2. The molecule has 0 saturated carbocycles. The molecule has 6 heteroatoms. The molecule has 2 rings (SSSR count). The zero-order chi connectivity index (χ0) is 30.2. The smallest absolute Gasteiger partial charge is 0.219 e. The summed E-state index contributed by atoms with van der Waals surface area (Å²) >= 11 is 2.69. The van der Waals surface area contributed by atoms with Crippen LogP contribution in [0, 0.1) is 5.41 Å². The molecule has 2 aliphatic heterocycles. The lowest BCUT2D eigenvalue weighted by atomic mass is 9.77. The summed E-state index contributed by atoms with van der Waals surface area (Å²) in [5.41, 5.74) is -0.0612. The van der Waals surface area contributed by atoms with Crippen LogP contribution in [0.1, 0.15) is 138 Å². The van der Waals surface area contributed by atoms with Gasteiger partial charge in [0.2, 0.25) is 10.2 Å². The first-order valence-electron chi connectivity index (χ1n) is 15.5. The molecule has 4 nitrogen and oxygen atoms in total. The van der Waals surface area contributed by atoms with Crippen LogP contribution in [0.3, 0.4) is 0 Å². The maximum Gasteiger partial charge on any atom is 0.219 e. The van der Waals surface area contributed by atoms with E-state index >= 15 is 0 Å². The third-order valence-electron chi connectivity index (χ3n) is 8.11. The van der Waals surface area contributed by atoms with E-state index in [4.69, 9.17) is 4.74 Å². The summed E-state index contributed by atoms with van der Waals surface area (Å²) in [4.78, 5) is 36.7. The molecular formula is C34H56O4S2.